The van der Waals surface area contributed by atoms with Crippen LogP contribution in [0.25, 0.3) is 0 Å². The topological polar surface area (TPSA) is 79.9 Å². The minimum absolute atomic E-state index is 0.217. The lowest BCUT2D eigenvalue weighted by molar-refractivity contribution is -0.00977. The average Bonchev–Trinajstić information content (AvgIpc) is 2.33. The maximum Gasteiger partial charge on any atom is 0.144 e. The summed E-state index contributed by atoms with van der Waals surface area (Å²) in [6, 6.07) is 0.633. The molecule has 5 heteroatoms. The zero-order valence-corrected chi connectivity index (χ0v) is 12.5. The molecule has 1 rings (SSSR count). The first-order valence-electron chi connectivity index (χ1n) is 7.32. The molecule has 1 saturated carbocycles. The Morgan fingerprint density at radius 2 is 2.11 bits per heavy atom. The smallest absolute Gasteiger partial charge is 0.144 e. The van der Waals surface area contributed by atoms with Crippen LogP contribution in [0.4, 0.5) is 0 Å². The molecule has 0 amide bonds. The molecule has 0 radical (unpaired) electrons. The van der Waals surface area contributed by atoms with Gasteiger partial charge in [-0.15, -0.1) is 0 Å². The maximum atomic E-state index is 8.69. The predicted molar refractivity (Wildman–Crippen MR) is 77.5 cm³/mol. The fourth-order valence-corrected chi connectivity index (χ4v) is 2.37. The minimum atomic E-state index is -0.217. The predicted octanol–water partition coefficient (Wildman–Crippen LogP) is 2.09. The number of rotatable bonds is 9. The van der Waals surface area contributed by atoms with Gasteiger partial charge in [0.1, 0.15) is 5.84 Å². The van der Waals surface area contributed by atoms with Crippen LogP contribution in [0.15, 0.2) is 5.16 Å². The molecule has 0 bridgehead atoms. The molecule has 1 aliphatic carbocycles. The third-order valence-electron chi connectivity index (χ3n) is 3.96. The molecule has 0 unspecified atom stereocenters. The Morgan fingerprint density at radius 3 is 2.68 bits per heavy atom. The van der Waals surface area contributed by atoms with Gasteiger partial charge in [-0.1, -0.05) is 25.4 Å². The summed E-state index contributed by atoms with van der Waals surface area (Å²) >= 11 is 0. The number of nitrogens with two attached hydrogens (primary N) is 1. The third kappa shape index (κ3) is 5.37. The van der Waals surface area contributed by atoms with Gasteiger partial charge in [0.2, 0.25) is 0 Å². The molecular weight excluding hydrogens is 242 g/mol. The van der Waals surface area contributed by atoms with Gasteiger partial charge in [0.25, 0.3) is 0 Å². The normalized spacial score (nSPS) is 24.3. The van der Waals surface area contributed by atoms with Crippen LogP contribution in [0.3, 0.4) is 0 Å². The number of nitrogens with zero attached hydrogens (tertiary/aromatic N) is 1. The van der Waals surface area contributed by atoms with Gasteiger partial charge >= 0.3 is 0 Å². The quantitative estimate of drug-likeness (QED) is 0.197. The summed E-state index contributed by atoms with van der Waals surface area (Å²) in [6.45, 7) is 7.92. The van der Waals surface area contributed by atoms with Gasteiger partial charge in [0.15, 0.2) is 0 Å². The zero-order chi connectivity index (χ0) is 14.3. The SMILES string of the molecule is CCOC1CC(NCCCCC(C)(C)C(N)=NO)C1. The molecule has 0 aliphatic heterocycles. The van der Waals surface area contributed by atoms with Gasteiger partial charge in [-0.25, -0.2) is 0 Å². The van der Waals surface area contributed by atoms with E-state index in [1.165, 1.54) is 0 Å². The largest absolute Gasteiger partial charge is 0.409 e. The molecule has 4 N–H and O–H groups in total. The van der Waals surface area contributed by atoms with Crippen LogP contribution >= 0.6 is 0 Å². The Balaban J connectivity index is 2.01. The van der Waals surface area contributed by atoms with Crippen LogP contribution in [-0.4, -0.2) is 36.3 Å². The summed E-state index contributed by atoms with van der Waals surface area (Å²) in [5.74, 6) is 0.319. The lowest BCUT2D eigenvalue weighted by Crippen LogP contribution is -2.45. The fraction of sp³-hybridized carbons (Fsp3) is 0.929. The average molecular weight is 271 g/mol. The summed E-state index contributed by atoms with van der Waals surface area (Å²) in [4.78, 5) is 0. The van der Waals surface area contributed by atoms with Crippen LogP contribution in [0, 0.1) is 5.41 Å². The van der Waals surface area contributed by atoms with Crippen molar-refractivity contribution in [1.82, 2.24) is 5.32 Å². The van der Waals surface area contributed by atoms with Gasteiger partial charge < -0.3 is 21.0 Å². The van der Waals surface area contributed by atoms with Crippen molar-refractivity contribution in [2.75, 3.05) is 13.2 Å². The Labute approximate surface area is 116 Å². The molecule has 19 heavy (non-hydrogen) atoms. The summed E-state index contributed by atoms with van der Waals surface area (Å²) in [5, 5.41) is 15.3. The van der Waals surface area contributed by atoms with Crippen molar-refractivity contribution in [3.8, 4) is 0 Å². The molecule has 0 aromatic carbocycles. The van der Waals surface area contributed by atoms with Crippen molar-refractivity contribution in [3.63, 3.8) is 0 Å². The van der Waals surface area contributed by atoms with Crippen molar-refractivity contribution in [2.24, 2.45) is 16.3 Å². The molecule has 0 spiro atoms. The molecule has 0 heterocycles. The van der Waals surface area contributed by atoms with Crippen LogP contribution in [0.1, 0.15) is 52.9 Å². The lowest BCUT2D eigenvalue weighted by Gasteiger charge is -2.35. The number of hydrogen-bond acceptors (Lipinski definition) is 4. The lowest BCUT2D eigenvalue weighted by atomic mass is 9.86. The van der Waals surface area contributed by atoms with Crippen LogP contribution < -0.4 is 11.1 Å². The highest BCUT2D eigenvalue weighted by molar-refractivity contribution is 5.85. The van der Waals surface area contributed by atoms with Gasteiger partial charge in [-0.05, 0) is 39.2 Å². The second kappa shape index (κ2) is 7.70. The number of ether oxygens (including phenoxy) is 1. The summed E-state index contributed by atoms with van der Waals surface area (Å²) in [5.41, 5.74) is 5.44. The number of amidine groups is 1. The standard InChI is InChI=1S/C14H29N3O2/c1-4-19-12-9-11(10-12)16-8-6-5-7-14(2,3)13(15)17-18/h11-12,16,18H,4-10H2,1-3H3,(H2,15,17). The minimum Gasteiger partial charge on any atom is -0.409 e. The van der Waals surface area contributed by atoms with E-state index in [0.29, 0.717) is 18.0 Å². The molecule has 0 saturated heterocycles. The Bertz CT molecular complexity index is 286. The van der Waals surface area contributed by atoms with Crippen molar-refractivity contribution >= 4 is 5.84 Å². The molecule has 1 fully saturated rings. The maximum absolute atomic E-state index is 8.69. The molecular formula is C14H29N3O2. The third-order valence-corrected chi connectivity index (χ3v) is 3.96. The van der Waals surface area contributed by atoms with E-state index in [-0.39, 0.29) is 5.41 Å². The van der Waals surface area contributed by atoms with Crippen molar-refractivity contribution in [3.05, 3.63) is 0 Å². The monoisotopic (exact) mass is 271 g/mol. The zero-order valence-electron chi connectivity index (χ0n) is 12.5. The molecule has 0 aromatic heterocycles. The van der Waals surface area contributed by atoms with Gasteiger partial charge in [0.05, 0.1) is 6.10 Å². The Hall–Kier alpha value is -0.810. The van der Waals surface area contributed by atoms with Crippen LogP contribution in [0.5, 0.6) is 0 Å². The van der Waals surface area contributed by atoms with Crippen molar-refractivity contribution in [1.29, 1.82) is 0 Å². The summed E-state index contributed by atoms with van der Waals surface area (Å²) in [6.07, 6.45) is 5.90. The van der Waals surface area contributed by atoms with E-state index in [2.05, 4.69) is 10.5 Å². The number of nitrogens with one attached hydrogen (secondary N) is 1. The van der Waals surface area contributed by atoms with Crippen molar-refractivity contribution < 1.29 is 9.94 Å². The van der Waals surface area contributed by atoms with Crippen LogP contribution in [0.2, 0.25) is 0 Å². The summed E-state index contributed by atoms with van der Waals surface area (Å²) in [7, 11) is 0. The van der Waals surface area contributed by atoms with E-state index in [4.69, 9.17) is 15.7 Å². The molecule has 1 aliphatic rings. The van der Waals surface area contributed by atoms with Gasteiger partial charge in [-0.2, -0.15) is 0 Å². The van der Waals surface area contributed by atoms with Gasteiger partial charge in [-0.3, -0.25) is 0 Å². The van der Waals surface area contributed by atoms with E-state index in [0.717, 1.165) is 45.3 Å². The second-order valence-corrected chi connectivity index (χ2v) is 6.03. The number of hydrogen-bond donors (Lipinski definition) is 3. The fourth-order valence-electron chi connectivity index (χ4n) is 2.37. The highest BCUT2D eigenvalue weighted by Gasteiger charge is 2.28. The summed E-state index contributed by atoms with van der Waals surface area (Å²) < 4.78 is 5.53. The van der Waals surface area contributed by atoms with Crippen LogP contribution in [-0.2, 0) is 4.74 Å². The molecule has 0 atom stereocenters. The molecule has 112 valence electrons. The first-order chi connectivity index (χ1) is 8.99. The second-order valence-electron chi connectivity index (χ2n) is 6.03. The highest BCUT2D eigenvalue weighted by atomic mass is 16.5. The van der Waals surface area contributed by atoms with Gasteiger partial charge in [0, 0.05) is 18.1 Å². The highest BCUT2D eigenvalue weighted by Crippen LogP contribution is 2.24. The van der Waals surface area contributed by atoms with E-state index < -0.39 is 0 Å². The van der Waals surface area contributed by atoms with E-state index in [1.54, 1.807) is 0 Å². The molecule has 5 nitrogen and oxygen atoms in total. The first-order valence-corrected chi connectivity index (χ1v) is 7.32. The van der Waals surface area contributed by atoms with E-state index in [9.17, 15) is 0 Å². The van der Waals surface area contributed by atoms with E-state index >= 15 is 0 Å². The number of oxime groups is 1. The first kappa shape index (κ1) is 16.2. The Morgan fingerprint density at radius 1 is 1.42 bits per heavy atom. The van der Waals surface area contributed by atoms with E-state index in [1.807, 2.05) is 20.8 Å². The molecule has 0 aromatic rings. The number of unbranched alkanes of at least 4 members (excludes halogenated alkanes) is 1. The van der Waals surface area contributed by atoms with Crippen molar-refractivity contribution in [2.45, 2.75) is 65.0 Å². The Kier molecular flexibility index (Phi) is 6.58.